The van der Waals surface area contributed by atoms with Crippen LogP contribution in [0.5, 0.6) is 5.75 Å². The van der Waals surface area contributed by atoms with E-state index in [4.69, 9.17) is 21.1 Å². The van der Waals surface area contributed by atoms with Gasteiger partial charge in [0.25, 0.3) is 5.56 Å². The molecule has 4 rings (SSSR count). The van der Waals surface area contributed by atoms with Gasteiger partial charge < -0.3 is 9.47 Å². The third kappa shape index (κ3) is 4.73. The molecule has 3 aromatic rings. The quantitative estimate of drug-likeness (QED) is 0.399. The SMILES string of the molecule is CCOC(=O)C1=C(C)N=c2s/c(=C\c3ccc(OC(C)=O)cc3)c(=O)n2[C@@H]1c1ccc(Cl)cc1. The number of benzene rings is 2. The predicted molar refractivity (Wildman–Crippen MR) is 130 cm³/mol. The van der Waals surface area contributed by atoms with Gasteiger partial charge in [-0.1, -0.05) is 47.2 Å². The molecule has 2 heterocycles. The van der Waals surface area contributed by atoms with Crippen LogP contribution in [0.15, 0.2) is 69.6 Å². The molecule has 1 aliphatic rings. The smallest absolute Gasteiger partial charge is 0.338 e. The number of halogens is 1. The van der Waals surface area contributed by atoms with Crippen LogP contribution in [0.2, 0.25) is 5.02 Å². The number of rotatable bonds is 5. The number of nitrogens with zero attached hydrogens (tertiary/aromatic N) is 2. The first-order valence-corrected chi connectivity index (χ1v) is 11.7. The highest BCUT2D eigenvalue weighted by Crippen LogP contribution is 2.31. The maximum absolute atomic E-state index is 13.5. The third-order valence-corrected chi connectivity index (χ3v) is 6.38. The molecule has 0 fully saturated rings. The number of hydrogen-bond donors (Lipinski definition) is 0. The Balaban J connectivity index is 1.86. The van der Waals surface area contributed by atoms with E-state index in [0.29, 0.717) is 31.4 Å². The lowest BCUT2D eigenvalue weighted by Gasteiger charge is -2.24. The number of allylic oxidation sites excluding steroid dienone is 1. The number of aromatic nitrogens is 1. The fourth-order valence-electron chi connectivity index (χ4n) is 3.70. The Kier molecular flexibility index (Phi) is 6.81. The summed E-state index contributed by atoms with van der Waals surface area (Å²) in [4.78, 5) is 42.6. The van der Waals surface area contributed by atoms with Crippen molar-refractivity contribution in [2.24, 2.45) is 4.99 Å². The first-order chi connectivity index (χ1) is 16.3. The normalized spacial score (nSPS) is 15.5. The van der Waals surface area contributed by atoms with Crippen LogP contribution in [0.4, 0.5) is 0 Å². The number of ether oxygens (including phenoxy) is 2. The van der Waals surface area contributed by atoms with Crippen LogP contribution < -0.4 is 19.6 Å². The molecule has 1 aromatic heterocycles. The highest BCUT2D eigenvalue weighted by Gasteiger charge is 2.33. The first-order valence-electron chi connectivity index (χ1n) is 10.5. The molecule has 0 radical (unpaired) electrons. The number of hydrogen-bond acceptors (Lipinski definition) is 7. The second kappa shape index (κ2) is 9.79. The predicted octanol–water partition coefficient (Wildman–Crippen LogP) is 3.38. The second-order valence-electron chi connectivity index (χ2n) is 7.52. The van der Waals surface area contributed by atoms with E-state index in [9.17, 15) is 14.4 Å². The number of esters is 2. The van der Waals surface area contributed by atoms with Crippen molar-refractivity contribution in [3.63, 3.8) is 0 Å². The summed E-state index contributed by atoms with van der Waals surface area (Å²) in [6.45, 7) is 5.00. The van der Waals surface area contributed by atoms with Gasteiger partial charge >= 0.3 is 11.9 Å². The zero-order chi connectivity index (χ0) is 24.4. The Morgan fingerprint density at radius 1 is 1.15 bits per heavy atom. The van der Waals surface area contributed by atoms with Gasteiger partial charge in [0.05, 0.1) is 28.5 Å². The van der Waals surface area contributed by atoms with Crippen molar-refractivity contribution >= 4 is 41.0 Å². The van der Waals surface area contributed by atoms with Crippen LogP contribution in [0.3, 0.4) is 0 Å². The summed E-state index contributed by atoms with van der Waals surface area (Å²) in [6, 6.07) is 13.1. The van der Waals surface area contributed by atoms with E-state index < -0.39 is 18.0 Å². The first kappa shape index (κ1) is 23.7. The zero-order valence-electron chi connectivity index (χ0n) is 18.7. The molecule has 0 spiro atoms. The van der Waals surface area contributed by atoms with Crippen LogP contribution in [-0.4, -0.2) is 23.1 Å². The number of fused-ring (bicyclic) bond motifs is 1. The molecule has 174 valence electrons. The van der Waals surface area contributed by atoms with E-state index in [1.54, 1.807) is 68.5 Å². The van der Waals surface area contributed by atoms with E-state index in [2.05, 4.69) is 4.99 Å². The molecule has 7 nitrogen and oxygen atoms in total. The maximum atomic E-state index is 13.5. The summed E-state index contributed by atoms with van der Waals surface area (Å²) < 4.78 is 12.3. The van der Waals surface area contributed by atoms with Crippen molar-refractivity contribution in [3.8, 4) is 5.75 Å². The molecular weight excluding hydrogens is 476 g/mol. The molecule has 0 saturated heterocycles. The average Bonchev–Trinajstić information content (AvgIpc) is 3.09. The minimum Gasteiger partial charge on any atom is -0.463 e. The molecule has 1 atom stereocenters. The monoisotopic (exact) mass is 496 g/mol. The molecule has 34 heavy (non-hydrogen) atoms. The number of carbonyl (C=O) groups is 2. The molecule has 0 bridgehead atoms. The van der Waals surface area contributed by atoms with Gasteiger partial charge in [0, 0.05) is 11.9 Å². The molecule has 0 unspecified atom stereocenters. The molecule has 0 N–H and O–H groups in total. The zero-order valence-corrected chi connectivity index (χ0v) is 20.3. The van der Waals surface area contributed by atoms with Crippen molar-refractivity contribution in [3.05, 3.63) is 95.6 Å². The summed E-state index contributed by atoms with van der Waals surface area (Å²) >= 11 is 7.31. The Bertz CT molecular complexity index is 1470. The Morgan fingerprint density at radius 3 is 2.44 bits per heavy atom. The van der Waals surface area contributed by atoms with E-state index in [1.165, 1.54) is 22.8 Å². The molecular formula is C25H21ClN2O5S. The largest absolute Gasteiger partial charge is 0.463 e. The van der Waals surface area contributed by atoms with Gasteiger partial charge in [-0.05, 0) is 55.3 Å². The maximum Gasteiger partial charge on any atom is 0.338 e. The van der Waals surface area contributed by atoms with Crippen molar-refractivity contribution in [1.82, 2.24) is 4.57 Å². The third-order valence-electron chi connectivity index (χ3n) is 5.14. The van der Waals surface area contributed by atoms with E-state index >= 15 is 0 Å². The average molecular weight is 497 g/mol. The van der Waals surface area contributed by atoms with Crippen LogP contribution in [-0.2, 0) is 14.3 Å². The van der Waals surface area contributed by atoms with Gasteiger partial charge in [0.2, 0.25) is 0 Å². The molecule has 0 saturated carbocycles. The summed E-state index contributed by atoms with van der Waals surface area (Å²) in [5, 5.41) is 0.548. The molecule has 0 amide bonds. The molecule has 1 aliphatic heterocycles. The van der Waals surface area contributed by atoms with Gasteiger partial charge in [0.15, 0.2) is 4.80 Å². The summed E-state index contributed by atoms with van der Waals surface area (Å²) in [5.41, 5.74) is 2.01. The fourth-order valence-corrected chi connectivity index (χ4v) is 4.87. The van der Waals surface area contributed by atoms with Crippen molar-refractivity contribution in [1.29, 1.82) is 0 Å². The van der Waals surface area contributed by atoms with Crippen molar-refractivity contribution in [2.45, 2.75) is 26.8 Å². The Hall–Kier alpha value is -3.49. The van der Waals surface area contributed by atoms with Gasteiger partial charge in [-0.3, -0.25) is 14.2 Å². The minimum absolute atomic E-state index is 0.205. The van der Waals surface area contributed by atoms with Crippen LogP contribution in [0.25, 0.3) is 6.08 Å². The van der Waals surface area contributed by atoms with Gasteiger partial charge in [-0.25, -0.2) is 9.79 Å². The van der Waals surface area contributed by atoms with Crippen molar-refractivity contribution < 1.29 is 19.1 Å². The number of carbonyl (C=O) groups excluding carboxylic acids is 2. The summed E-state index contributed by atoms with van der Waals surface area (Å²) in [6.07, 6.45) is 1.74. The van der Waals surface area contributed by atoms with Gasteiger partial charge in [-0.15, -0.1) is 0 Å². The highest BCUT2D eigenvalue weighted by atomic mass is 35.5. The van der Waals surface area contributed by atoms with Crippen LogP contribution >= 0.6 is 22.9 Å². The summed E-state index contributed by atoms with van der Waals surface area (Å²) in [7, 11) is 0. The Labute approximate surface area is 204 Å². The number of thiazole rings is 1. The molecule has 2 aromatic carbocycles. The van der Waals surface area contributed by atoms with E-state index in [1.807, 2.05) is 0 Å². The molecule has 0 aliphatic carbocycles. The van der Waals surface area contributed by atoms with Crippen molar-refractivity contribution in [2.75, 3.05) is 6.61 Å². The van der Waals surface area contributed by atoms with Gasteiger partial charge in [-0.2, -0.15) is 0 Å². The topological polar surface area (TPSA) is 87.0 Å². The minimum atomic E-state index is -0.693. The highest BCUT2D eigenvalue weighted by molar-refractivity contribution is 7.07. The van der Waals surface area contributed by atoms with E-state index in [0.717, 1.165) is 11.1 Å². The van der Waals surface area contributed by atoms with Crippen LogP contribution in [0.1, 0.15) is 37.9 Å². The lowest BCUT2D eigenvalue weighted by molar-refractivity contribution is -0.139. The second-order valence-corrected chi connectivity index (χ2v) is 8.96. The lowest BCUT2D eigenvalue weighted by atomic mass is 9.96. The standard InChI is InChI=1S/C25H21ClN2O5S/c1-4-32-24(31)21-14(2)27-25-28(22(21)17-7-9-18(26)10-8-17)23(30)20(34-25)13-16-5-11-19(12-6-16)33-15(3)29/h5-13,22H,4H2,1-3H3/b20-13-/t22-/m1/s1. The molecule has 9 heteroatoms. The Morgan fingerprint density at radius 2 is 1.82 bits per heavy atom. The lowest BCUT2D eigenvalue weighted by Crippen LogP contribution is -2.39. The van der Waals surface area contributed by atoms with Crippen LogP contribution in [0, 0.1) is 0 Å². The van der Waals surface area contributed by atoms with Gasteiger partial charge in [0.1, 0.15) is 5.75 Å². The van der Waals surface area contributed by atoms with E-state index in [-0.39, 0.29) is 12.2 Å². The fraction of sp³-hybridized carbons (Fsp3) is 0.200. The summed E-state index contributed by atoms with van der Waals surface area (Å²) in [5.74, 6) is -0.501.